The molecule has 9 heteroatoms. The third-order valence-corrected chi connectivity index (χ3v) is 5.28. The first kappa shape index (κ1) is 18.9. The molecule has 0 bridgehead atoms. The Hall–Kier alpha value is -3.46. The normalized spacial score (nSPS) is 10.8. The summed E-state index contributed by atoms with van der Waals surface area (Å²) in [6, 6.07) is 11.2. The monoisotopic (exact) mass is 408 g/mol. The maximum atomic E-state index is 12.4. The smallest absolute Gasteiger partial charge is 0.255 e. The van der Waals surface area contributed by atoms with Crippen molar-refractivity contribution in [3.05, 3.63) is 64.7 Å². The zero-order valence-corrected chi connectivity index (χ0v) is 16.6. The Morgan fingerprint density at radius 2 is 2.10 bits per heavy atom. The average Bonchev–Trinajstić information content (AvgIpc) is 3.42. The number of fused-ring (bicyclic) bond motifs is 1. The van der Waals surface area contributed by atoms with Crippen LogP contribution in [-0.4, -0.2) is 39.3 Å². The van der Waals surface area contributed by atoms with Gasteiger partial charge in [0.25, 0.3) is 5.91 Å². The van der Waals surface area contributed by atoms with E-state index < -0.39 is 0 Å². The molecule has 1 amide bonds. The Kier molecular flexibility index (Phi) is 5.66. The predicted molar refractivity (Wildman–Crippen MR) is 112 cm³/mol. The van der Waals surface area contributed by atoms with Crippen molar-refractivity contribution in [1.29, 1.82) is 0 Å². The van der Waals surface area contributed by atoms with Crippen molar-refractivity contribution in [3.8, 4) is 5.75 Å². The Morgan fingerprint density at radius 3 is 2.93 bits per heavy atom. The van der Waals surface area contributed by atoms with Crippen LogP contribution in [0.25, 0.3) is 11.0 Å². The largest absolute Gasteiger partial charge is 0.496 e. The molecule has 8 nitrogen and oxygen atoms in total. The molecule has 0 saturated carbocycles. The van der Waals surface area contributed by atoms with Crippen molar-refractivity contribution in [2.45, 2.75) is 13.1 Å². The second-order valence-corrected chi connectivity index (χ2v) is 7.25. The van der Waals surface area contributed by atoms with E-state index in [1.54, 1.807) is 47.5 Å². The molecule has 2 N–H and O–H groups in total. The second-order valence-electron chi connectivity index (χ2n) is 6.22. The first-order valence-electron chi connectivity index (χ1n) is 9.10. The summed E-state index contributed by atoms with van der Waals surface area (Å²) in [4.78, 5) is 22.3. The van der Waals surface area contributed by atoms with Gasteiger partial charge in [-0.15, -0.1) is 11.3 Å². The lowest BCUT2D eigenvalue weighted by Crippen LogP contribution is -2.27. The number of amides is 1. The Labute approximate surface area is 171 Å². The van der Waals surface area contributed by atoms with Gasteiger partial charge in [-0.05, 0) is 23.6 Å². The third kappa shape index (κ3) is 4.19. The number of benzene rings is 1. The number of anilines is 1. The molecule has 4 rings (SSSR count). The number of hydrogen-bond acceptors (Lipinski definition) is 7. The van der Waals surface area contributed by atoms with Crippen LogP contribution < -0.4 is 15.4 Å². The molecule has 148 valence electrons. The molecule has 0 spiro atoms. The third-order valence-electron chi connectivity index (χ3n) is 4.40. The topological polar surface area (TPSA) is 94.0 Å². The number of nitrogens with zero attached hydrogens (tertiary/aromatic N) is 4. The first-order valence-corrected chi connectivity index (χ1v) is 9.98. The molecule has 0 fully saturated rings. The fraction of sp³-hybridized carbons (Fsp3) is 0.200. The van der Waals surface area contributed by atoms with Crippen molar-refractivity contribution in [1.82, 2.24) is 25.1 Å². The first-order chi connectivity index (χ1) is 14.3. The molecule has 29 heavy (non-hydrogen) atoms. The van der Waals surface area contributed by atoms with Crippen molar-refractivity contribution < 1.29 is 9.53 Å². The van der Waals surface area contributed by atoms with Gasteiger partial charge in [0.15, 0.2) is 5.65 Å². The Bertz CT molecular complexity index is 1110. The number of carbonyl (C=O) groups is 1. The van der Waals surface area contributed by atoms with E-state index in [9.17, 15) is 4.79 Å². The SMILES string of the molecule is COc1ccccc1C(=O)NCCn1ncc2c(NCc3cccs3)ncnc21. The van der Waals surface area contributed by atoms with Crippen molar-refractivity contribution >= 4 is 34.1 Å². The van der Waals surface area contributed by atoms with E-state index in [0.717, 1.165) is 16.9 Å². The van der Waals surface area contributed by atoms with Crippen LogP contribution in [0.1, 0.15) is 15.2 Å². The van der Waals surface area contributed by atoms with Gasteiger partial charge in [-0.2, -0.15) is 5.10 Å². The molecule has 0 aliphatic heterocycles. The van der Waals surface area contributed by atoms with E-state index in [-0.39, 0.29) is 5.91 Å². The summed E-state index contributed by atoms with van der Waals surface area (Å²) in [5, 5.41) is 13.5. The Balaban J connectivity index is 1.41. The molecule has 0 unspecified atom stereocenters. The van der Waals surface area contributed by atoms with Crippen LogP contribution >= 0.6 is 11.3 Å². The molecule has 3 heterocycles. The average molecular weight is 408 g/mol. The standard InChI is InChI=1S/C20H20N6O2S/c1-28-17-7-3-2-6-15(17)20(27)21-8-9-26-19-16(12-25-26)18(23-13-24-19)22-11-14-5-4-10-29-14/h2-7,10,12-13H,8-9,11H2,1H3,(H,21,27)(H,22,23,24). The molecule has 0 aliphatic rings. The van der Waals surface area contributed by atoms with Gasteiger partial charge in [0.2, 0.25) is 0 Å². The van der Waals surface area contributed by atoms with Gasteiger partial charge in [0, 0.05) is 11.4 Å². The minimum atomic E-state index is -0.188. The molecule has 3 aromatic heterocycles. The predicted octanol–water partition coefficient (Wildman–Crippen LogP) is 2.94. The van der Waals surface area contributed by atoms with Crippen molar-refractivity contribution in [3.63, 3.8) is 0 Å². The Morgan fingerprint density at radius 1 is 1.21 bits per heavy atom. The van der Waals surface area contributed by atoms with Gasteiger partial charge in [0.1, 0.15) is 17.9 Å². The summed E-state index contributed by atoms with van der Waals surface area (Å²) in [7, 11) is 1.55. The number of nitrogens with one attached hydrogen (secondary N) is 2. The number of para-hydroxylation sites is 1. The van der Waals surface area contributed by atoms with Gasteiger partial charge in [0.05, 0.1) is 37.3 Å². The molecule has 0 saturated heterocycles. The number of aromatic nitrogens is 4. The minimum absolute atomic E-state index is 0.188. The van der Waals surface area contributed by atoms with E-state index in [1.165, 1.54) is 11.2 Å². The number of methoxy groups -OCH3 is 1. The van der Waals surface area contributed by atoms with Crippen LogP contribution in [0.5, 0.6) is 5.75 Å². The van der Waals surface area contributed by atoms with E-state index in [2.05, 4.69) is 31.8 Å². The highest BCUT2D eigenvalue weighted by molar-refractivity contribution is 7.09. The zero-order chi connectivity index (χ0) is 20.1. The van der Waals surface area contributed by atoms with Gasteiger partial charge < -0.3 is 15.4 Å². The lowest BCUT2D eigenvalue weighted by atomic mass is 10.2. The molecular weight excluding hydrogens is 388 g/mol. The summed E-state index contributed by atoms with van der Waals surface area (Å²) in [5.74, 6) is 1.10. The molecule has 1 aromatic carbocycles. The number of thiophene rings is 1. The summed E-state index contributed by atoms with van der Waals surface area (Å²) in [6.07, 6.45) is 3.26. The minimum Gasteiger partial charge on any atom is -0.496 e. The molecular formula is C20H20N6O2S. The van der Waals surface area contributed by atoms with Gasteiger partial charge in [-0.25, -0.2) is 14.6 Å². The highest BCUT2D eigenvalue weighted by Crippen LogP contribution is 2.20. The van der Waals surface area contributed by atoms with Gasteiger partial charge in [-0.1, -0.05) is 18.2 Å². The number of hydrogen-bond donors (Lipinski definition) is 2. The van der Waals surface area contributed by atoms with Gasteiger partial charge in [-0.3, -0.25) is 4.79 Å². The lowest BCUT2D eigenvalue weighted by Gasteiger charge is -2.09. The van der Waals surface area contributed by atoms with Crippen LogP contribution in [0.15, 0.2) is 54.3 Å². The van der Waals surface area contributed by atoms with Crippen molar-refractivity contribution in [2.75, 3.05) is 19.0 Å². The summed E-state index contributed by atoms with van der Waals surface area (Å²) in [5.41, 5.74) is 1.22. The lowest BCUT2D eigenvalue weighted by molar-refractivity contribution is 0.0949. The second kappa shape index (κ2) is 8.70. The molecule has 4 aromatic rings. The van der Waals surface area contributed by atoms with Crippen LogP contribution in [0, 0.1) is 0 Å². The van der Waals surface area contributed by atoms with Crippen LogP contribution in [0.3, 0.4) is 0 Å². The van der Waals surface area contributed by atoms with Crippen LogP contribution in [0.4, 0.5) is 5.82 Å². The summed E-state index contributed by atoms with van der Waals surface area (Å²) < 4.78 is 7.00. The molecule has 0 radical (unpaired) electrons. The highest BCUT2D eigenvalue weighted by Gasteiger charge is 2.12. The number of ether oxygens (including phenoxy) is 1. The quantitative estimate of drug-likeness (QED) is 0.466. The maximum Gasteiger partial charge on any atom is 0.255 e. The van der Waals surface area contributed by atoms with Crippen LogP contribution in [0.2, 0.25) is 0 Å². The molecule has 0 aliphatic carbocycles. The van der Waals surface area contributed by atoms with E-state index >= 15 is 0 Å². The van der Waals surface area contributed by atoms with E-state index in [0.29, 0.717) is 30.9 Å². The maximum absolute atomic E-state index is 12.4. The van der Waals surface area contributed by atoms with Crippen LogP contribution in [-0.2, 0) is 13.1 Å². The number of rotatable bonds is 8. The zero-order valence-electron chi connectivity index (χ0n) is 15.8. The van der Waals surface area contributed by atoms with E-state index in [4.69, 9.17) is 4.74 Å². The fourth-order valence-electron chi connectivity index (χ4n) is 2.98. The fourth-order valence-corrected chi connectivity index (χ4v) is 3.63. The van der Waals surface area contributed by atoms with Gasteiger partial charge >= 0.3 is 0 Å². The molecule has 0 atom stereocenters. The van der Waals surface area contributed by atoms with E-state index in [1.807, 2.05) is 17.5 Å². The highest BCUT2D eigenvalue weighted by atomic mass is 32.1. The summed E-state index contributed by atoms with van der Waals surface area (Å²) >= 11 is 1.69. The van der Waals surface area contributed by atoms with Crippen molar-refractivity contribution in [2.24, 2.45) is 0 Å². The number of carbonyl (C=O) groups excluding carboxylic acids is 1. The summed E-state index contributed by atoms with van der Waals surface area (Å²) in [6.45, 7) is 1.60.